The van der Waals surface area contributed by atoms with Crippen molar-refractivity contribution in [3.8, 4) is 0 Å². The van der Waals surface area contributed by atoms with Crippen LogP contribution in [0.3, 0.4) is 0 Å². The third-order valence-corrected chi connectivity index (χ3v) is 4.24. The summed E-state index contributed by atoms with van der Waals surface area (Å²) in [6, 6.07) is 10.6. The van der Waals surface area contributed by atoms with Crippen molar-refractivity contribution in [1.82, 2.24) is 10.3 Å². The van der Waals surface area contributed by atoms with E-state index in [9.17, 15) is 9.59 Å². The second-order valence-corrected chi connectivity index (χ2v) is 6.01. The van der Waals surface area contributed by atoms with Gasteiger partial charge in [-0.1, -0.05) is 12.1 Å². The van der Waals surface area contributed by atoms with E-state index in [1.807, 2.05) is 0 Å². The average Bonchev–Trinajstić information content (AvgIpc) is 3.12. The molecular weight excluding hydrogens is 334 g/mol. The van der Waals surface area contributed by atoms with Crippen LogP contribution in [0.25, 0.3) is 0 Å². The van der Waals surface area contributed by atoms with Crippen molar-refractivity contribution in [2.45, 2.75) is 12.5 Å². The molecule has 0 saturated carbocycles. The highest BCUT2D eigenvalue weighted by Crippen LogP contribution is 2.20. The second-order valence-electron chi connectivity index (χ2n) is 6.01. The number of amides is 2. The molecule has 1 aromatic carbocycles. The van der Waals surface area contributed by atoms with Crippen LogP contribution in [0.4, 0.5) is 22.0 Å². The Morgan fingerprint density at radius 2 is 2.08 bits per heavy atom. The minimum Gasteiger partial charge on any atom is -0.453 e. The van der Waals surface area contributed by atoms with Gasteiger partial charge in [-0.2, -0.15) is 0 Å². The lowest BCUT2D eigenvalue weighted by atomic mass is 10.2. The van der Waals surface area contributed by atoms with Crippen LogP contribution in [0.15, 0.2) is 42.6 Å². The summed E-state index contributed by atoms with van der Waals surface area (Å²) < 4.78 is 4.61. The minimum absolute atomic E-state index is 0.0216. The maximum absolute atomic E-state index is 12.3. The Balaban J connectivity index is 1.61. The second kappa shape index (κ2) is 7.73. The van der Waals surface area contributed by atoms with Crippen LogP contribution in [0, 0.1) is 0 Å². The van der Waals surface area contributed by atoms with E-state index < -0.39 is 6.09 Å². The van der Waals surface area contributed by atoms with Gasteiger partial charge in [0.1, 0.15) is 5.82 Å². The van der Waals surface area contributed by atoms with Gasteiger partial charge in [0, 0.05) is 19.3 Å². The van der Waals surface area contributed by atoms with E-state index in [1.54, 1.807) is 36.4 Å². The lowest BCUT2D eigenvalue weighted by Gasteiger charge is -2.18. The summed E-state index contributed by atoms with van der Waals surface area (Å²) in [5.41, 5.74) is 7.35. The van der Waals surface area contributed by atoms with Gasteiger partial charge in [0.25, 0.3) is 5.91 Å². The molecule has 2 aromatic rings. The fourth-order valence-electron chi connectivity index (χ4n) is 2.82. The quantitative estimate of drug-likeness (QED) is 0.722. The Labute approximate surface area is 151 Å². The number of nitrogen functional groups attached to an aromatic ring is 1. The van der Waals surface area contributed by atoms with Gasteiger partial charge >= 0.3 is 6.09 Å². The number of aromatic nitrogens is 1. The molecule has 8 nitrogen and oxygen atoms in total. The number of carbonyl (C=O) groups excluding carboxylic acids is 2. The maximum atomic E-state index is 12.3. The molecule has 1 unspecified atom stereocenters. The highest BCUT2D eigenvalue weighted by molar-refractivity contribution is 6.05. The molecule has 0 spiro atoms. The zero-order valence-electron chi connectivity index (χ0n) is 14.4. The highest BCUT2D eigenvalue weighted by atomic mass is 16.5. The standard InChI is InChI=1S/C18H21N5O3/c1-26-18(25)21-13-8-9-23(11-13)16-7-6-12(10-20-16)17(24)22-15-5-3-2-4-14(15)19/h2-7,10,13H,8-9,11,19H2,1H3,(H,21,25)(H,22,24). The first-order chi connectivity index (χ1) is 12.6. The average molecular weight is 355 g/mol. The van der Waals surface area contributed by atoms with E-state index in [2.05, 4.69) is 25.3 Å². The summed E-state index contributed by atoms with van der Waals surface area (Å²) in [5, 5.41) is 5.56. The van der Waals surface area contributed by atoms with Crippen LogP contribution in [-0.4, -0.2) is 43.2 Å². The van der Waals surface area contributed by atoms with Crippen molar-refractivity contribution in [2.75, 3.05) is 36.1 Å². The van der Waals surface area contributed by atoms with Gasteiger partial charge < -0.3 is 26.0 Å². The first-order valence-electron chi connectivity index (χ1n) is 8.28. The summed E-state index contributed by atoms with van der Waals surface area (Å²) >= 11 is 0. The lowest BCUT2D eigenvalue weighted by Crippen LogP contribution is -2.37. The van der Waals surface area contributed by atoms with Crippen LogP contribution < -0.4 is 21.3 Å². The normalized spacial score (nSPS) is 16.2. The Kier molecular flexibility index (Phi) is 5.21. The Bertz CT molecular complexity index is 794. The van der Waals surface area contributed by atoms with E-state index in [0.29, 0.717) is 23.5 Å². The van der Waals surface area contributed by atoms with Crippen LogP contribution in [0.2, 0.25) is 0 Å². The number of rotatable bonds is 4. The molecule has 1 saturated heterocycles. The smallest absolute Gasteiger partial charge is 0.407 e. The molecule has 136 valence electrons. The molecule has 0 radical (unpaired) electrons. The molecule has 1 fully saturated rings. The van der Waals surface area contributed by atoms with E-state index in [1.165, 1.54) is 13.3 Å². The van der Waals surface area contributed by atoms with Crippen molar-refractivity contribution in [3.05, 3.63) is 48.2 Å². The van der Waals surface area contributed by atoms with Gasteiger partial charge in [-0.25, -0.2) is 9.78 Å². The number of hydrogen-bond acceptors (Lipinski definition) is 6. The summed E-state index contributed by atoms with van der Waals surface area (Å²) in [6.45, 7) is 1.42. The van der Waals surface area contributed by atoms with Gasteiger partial charge in [-0.05, 0) is 30.7 Å². The number of pyridine rings is 1. The highest BCUT2D eigenvalue weighted by Gasteiger charge is 2.25. The molecule has 0 aliphatic carbocycles. The van der Waals surface area contributed by atoms with Crippen LogP contribution in [0.5, 0.6) is 0 Å². The van der Waals surface area contributed by atoms with Gasteiger partial charge in [0.2, 0.25) is 0 Å². The number of nitrogens with two attached hydrogens (primary N) is 1. The predicted octanol–water partition coefficient (Wildman–Crippen LogP) is 1.85. The number of carbonyl (C=O) groups is 2. The lowest BCUT2D eigenvalue weighted by molar-refractivity contribution is 0.102. The summed E-state index contributed by atoms with van der Waals surface area (Å²) in [4.78, 5) is 30.0. The zero-order chi connectivity index (χ0) is 18.5. The van der Waals surface area contributed by atoms with E-state index in [4.69, 9.17) is 5.73 Å². The van der Waals surface area contributed by atoms with Gasteiger partial charge in [-0.15, -0.1) is 0 Å². The van der Waals surface area contributed by atoms with Crippen molar-refractivity contribution >= 4 is 29.2 Å². The van der Waals surface area contributed by atoms with Crippen molar-refractivity contribution in [1.29, 1.82) is 0 Å². The molecular formula is C18H21N5O3. The molecule has 1 aliphatic heterocycles. The zero-order valence-corrected chi connectivity index (χ0v) is 14.4. The molecule has 2 amide bonds. The maximum Gasteiger partial charge on any atom is 0.407 e. The van der Waals surface area contributed by atoms with Gasteiger partial charge in [0.15, 0.2) is 0 Å². The number of nitrogens with zero attached hydrogens (tertiary/aromatic N) is 2. The predicted molar refractivity (Wildman–Crippen MR) is 99.2 cm³/mol. The molecule has 0 bridgehead atoms. The van der Waals surface area contributed by atoms with Crippen LogP contribution >= 0.6 is 0 Å². The fourth-order valence-corrected chi connectivity index (χ4v) is 2.82. The largest absolute Gasteiger partial charge is 0.453 e. The fraction of sp³-hybridized carbons (Fsp3) is 0.278. The number of para-hydroxylation sites is 2. The molecule has 1 aromatic heterocycles. The monoisotopic (exact) mass is 355 g/mol. The molecule has 4 N–H and O–H groups in total. The third-order valence-electron chi connectivity index (χ3n) is 4.24. The molecule has 8 heteroatoms. The first-order valence-corrected chi connectivity index (χ1v) is 8.28. The Morgan fingerprint density at radius 1 is 1.27 bits per heavy atom. The number of alkyl carbamates (subject to hydrolysis) is 1. The number of ether oxygens (including phenoxy) is 1. The number of hydrogen-bond donors (Lipinski definition) is 3. The minimum atomic E-state index is -0.433. The van der Waals surface area contributed by atoms with Crippen molar-refractivity contribution < 1.29 is 14.3 Å². The number of anilines is 3. The third kappa shape index (κ3) is 4.02. The molecule has 2 heterocycles. The van der Waals surface area contributed by atoms with Crippen LogP contribution in [0.1, 0.15) is 16.8 Å². The first kappa shape index (κ1) is 17.5. The summed E-state index contributed by atoms with van der Waals surface area (Å²) in [7, 11) is 1.34. The van der Waals surface area contributed by atoms with E-state index in [-0.39, 0.29) is 11.9 Å². The van der Waals surface area contributed by atoms with Crippen molar-refractivity contribution in [2.24, 2.45) is 0 Å². The Morgan fingerprint density at radius 3 is 2.77 bits per heavy atom. The summed E-state index contributed by atoms with van der Waals surface area (Å²) in [6.07, 6.45) is 1.91. The number of benzene rings is 1. The van der Waals surface area contributed by atoms with Gasteiger partial charge in [-0.3, -0.25) is 4.79 Å². The van der Waals surface area contributed by atoms with E-state index in [0.717, 1.165) is 18.8 Å². The Hall–Kier alpha value is -3.29. The molecule has 1 aliphatic rings. The van der Waals surface area contributed by atoms with E-state index >= 15 is 0 Å². The molecule has 1 atom stereocenters. The topological polar surface area (TPSA) is 110 Å². The number of nitrogens with one attached hydrogen (secondary N) is 2. The molecule has 26 heavy (non-hydrogen) atoms. The number of methoxy groups -OCH3 is 1. The van der Waals surface area contributed by atoms with Crippen molar-refractivity contribution in [3.63, 3.8) is 0 Å². The SMILES string of the molecule is COC(=O)NC1CCN(c2ccc(C(=O)Nc3ccccc3N)cn2)C1. The molecule has 3 rings (SSSR count). The van der Waals surface area contributed by atoms with Gasteiger partial charge in [0.05, 0.1) is 30.1 Å². The van der Waals surface area contributed by atoms with Crippen LogP contribution in [-0.2, 0) is 4.74 Å². The summed E-state index contributed by atoms with van der Waals surface area (Å²) in [5.74, 6) is 0.489.